The second-order valence-corrected chi connectivity index (χ2v) is 8.40. The lowest BCUT2D eigenvalue weighted by Crippen LogP contribution is -2.43. The minimum atomic E-state index is -0.719. The molecular formula is C28H30N2O5. The predicted octanol–water partition coefficient (Wildman–Crippen LogP) is 3.56. The van der Waals surface area contributed by atoms with Crippen LogP contribution in [0.1, 0.15) is 17.2 Å². The van der Waals surface area contributed by atoms with Crippen LogP contribution in [0.2, 0.25) is 0 Å². The number of nitrogens with zero attached hydrogens (tertiary/aromatic N) is 2. The molecule has 7 nitrogen and oxygen atoms in total. The second-order valence-electron chi connectivity index (χ2n) is 8.40. The summed E-state index contributed by atoms with van der Waals surface area (Å²) in [6.07, 6.45) is 4.74. The van der Waals surface area contributed by atoms with E-state index < -0.39 is 23.5 Å². The molecule has 182 valence electrons. The molecule has 2 aromatic rings. The zero-order valence-electron chi connectivity index (χ0n) is 19.6. The van der Waals surface area contributed by atoms with Crippen LogP contribution in [0.25, 0.3) is 6.08 Å². The van der Waals surface area contributed by atoms with Crippen molar-refractivity contribution in [2.45, 2.75) is 6.04 Å². The van der Waals surface area contributed by atoms with E-state index in [2.05, 4.69) is 11.5 Å². The molecular weight excluding hydrogens is 444 g/mol. The van der Waals surface area contributed by atoms with Gasteiger partial charge in [-0.25, -0.2) is 0 Å². The van der Waals surface area contributed by atoms with Crippen LogP contribution in [0.3, 0.4) is 0 Å². The van der Waals surface area contributed by atoms with Gasteiger partial charge in [0.05, 0.1) is 24.8 Å². The van der Waals surface area contributed by atoms with E-state index in [1.807, 2.05) is 48.5 Å². The van der Waals surface area contributed by atoms with E-state index in [0.29, 0.717) is 44.2 Å². The fourth-order valence-electron chi connectivity index (χ4n) is 4.31. The number of morpholine rings is 1. The summed E-state index contributed by atoms with van der Waals surface area (Å²) < 4.78 is 11.1. The maximum absolute atomic E-state index is 13.3. The first-order valence-electron chi connectivity index (χ1n) is 11.7. The summed E-state index contributed by atoms with van der Waals surface area (Å²) in [7, 11) is 0. The first-order valence-corrected chi connectivity index (χ1v) is 11.7. The Morgan fingerprint density at radius 1 is 1.11 bits per heavy atom. The standard InChI is InChI=1S/C28H30N2O5/c1-2-17-35-23-10-6-9-22(20-23)26-25(24(31)12-11-21-7-4-3-5-8-21)27(32)28(33)30(26)14-13-29-15-18-34-19-16-29/h2-12,20,26,32H,1,13-19H2/b12-11+. The molecule has 1 N–H and O–H groups in total. The normalized spacial score (nSPS) is 18.9. The minimum absolute atomic E-state index is 0.0741. The van der Waals surface area contributed by atoms with Gasteiger partial charge in [-0.3, -0.25) is 14.5 Å². The third-order valence-corrected chi connectivity index (χ3v) is 6.10. The largest absolute Gasteiger partial charge is 0.503 e. The smallest absolute Gasteiger partial charge is 0.290 e. The molecule has 0 aromatic heterocycles. The molecule has 1 atom stereocenters. The van der Waals surface area contributed by atoms with Gasteiger partial charge in [-0.1, -0.05) is 61.2 Å². The van der Waals surface area contributed by atoms with Crippen LogP contribution in [-0.4, -0.2) is 72.6 Å². The molecule has 2 aromatic carbocycles. The van der Waals surface area contributed by atoms with Gasteiger partial charge in [-0.05, 0) is 29.3 Å². The molecule has 2 aliphatic heterocycles. The maximum Gasteiger partial charge on any atom is 0.290 e. The summed E-state index contributed by atoms with van der Waals surface area (Å²) in [6, 6.07) is 16.0. The van der Waals surface area contributed by atoms with E-state index >= 15 is 0 Å². The number of allylic oxidation sites excluding steroid dienone is 1. The number of ether oxygens (including phenoxy) is 2. The zero-order valence-corrected chi connectivity index (χ0v) is 19.6. The van der Waals surface area contributed by atoms with Gasteiger partial charge in [-0.2, -0.15) is 0 Å². The molecule has 0 radical (unpaired) electrons. The topological polar surface area (TPSA) is 79.3 Å². The van der Waals surface area contributed by atoms with Gasteiger partial charge in [0, 0.05) is 26.2 Å². The van der Waals surface area contributed by atoms with Crippen LogP contribution in [0.4, 0.5) is 0 Å². The number of carbonyl (C=O) groups is 2. The molecule has 35 heavy (non-hydrogen) atoms. The molecule has 4 rings (SSSR count). The van der Waals surface area contributed by atoms with Crippen LogP contribution in [0, 0.1) is 0 Å². The third kappa shape index (κ3) is 5.88. The van der Waals surface area contributed by atoms with Crippen LogP contribution in [-0.2, 0) is 14.3 Å². The molecule has 0 bridgehead atoms. The first kappa shape index (κ1) is 24.4. The Balaban J connectivity index is 1.64. The van der Waals surface area contributed by atoms with Crippen molar-refractivity contribution in [3.05, 3.63) is 95.8 Å². The number of hydrogen-bond acceptors (Lipinski definition) is 6. The van der Waals surface area contributed by atoms with E-state index in [0.717, 1.165) is 18.7 Å². The summed E-state index contributed by atoms with van der Waals surface area (Å²) in [6.45, 7) is 7.85. The Bertz CT molecular complexity index is 1120. The SMILES string of the molecule is C=CCOc1cccc(C2C(C(=O)/C=C/c3ccccc3)=C(O)C(=O)N2CCN2CCOCC2)c1. The molecule has 7 heteroatoms. The Labute approximate surface area is 205 Å². The molecule has 1 unspecified atom stereocenters. The average Bonchev–Trinajstić information content (AvgIpc) is 3.16. The first-order chi connectivity index (χ1) is 17.1. The number of carbonyl (C=O) groups excluding carboxylic acids is 2. The van der Waals surface area contributed by atoms with Crippen molar-refractivity contribution >= 4 is 17.8 Å². The quantitative estimate of drug-likeness (QED) is 0.419. The Morgan fingerprint density at radius 3 is 2.63 bits per heavy atom. The fraction of sp³-hybridized carbons (Fsp3) is 0.286. The van der Waals surface area contributed by atoms with Crippen LogP contribution in [0.15, 0.2) is 84.7 Å². The highest BCUT2D eigenvalue weighted by atomic mass is 16.5. The summed E-state index contributed by atoms with van der Waals surface area (Å²) in [4.78, 5) is 30.3. The van der Waals surface area contributed by atoms with Crippen molar-refractivity contribution in [2.24, 2.45) is 0 Å². The number of ketones is 1. The lowest BCUT2D eigenvalue weighted by molar-refractivity contribution is -0.129. The van der Waals surface area contributed by atoms with Crippen LogP contribution >= 0.6 is 0 Å². The Hall–Kier alpha value is -3.68. The average molecular weight is 475 g/mol. The zero-order chi connectivity index (χ0) is 24.6. The van der Waals surface area contributed by atoms with Crippen LogP contribution in [0.5, 0.6) is 5.75 Å². The fourth-order valence-corrected chi connectivity index (χ4v) is 4.31. The molecule has 0 saturated carbocycles. The number of aliphatic hydroxyl groups is 1. The van der Waals surface area contributed by atoms with Crippen molar-refractivity contribution in [1.29, 1.82) is 0 Å². The number of benzene rings is 2. The maximum atomic E-state index is 13.3. The number of amides is 1. The molecule has 1 amide bonds. The van der Waals surface area contributed by atoms with Gasteiger partial charge in [0.15, 0.2) is 11.5 Å². The molecule has 0 spiro atoms. The summed E-state index contributed by atoms with van der Waals surface area (Å²) in [5.41, 5.74) is 1.62. The molecule has 0 aliphatic carbocycles. The molecule has 2 aliphatic rings. The van der Waals surface area contributed by atoms with Gasteiger partial charge < -0.3 is 19.5 Å². The van der Waals surface area contributed by atoms with Gasteiger partial charge in [-0.15, -0.1) is 0 Å². The highest BCUT2D eigenvalue weighted by Crippen LogP contribution is 2.39. The van der Waals surface area contributed by atoms with Gasteiger partial charge in [0.2, 0.25) is 0 Å². The number of hydrogen-bond donors (Lipinski definition) is 1. The summed E-state index contributed by atoms with van der Waals surface area (Å²) in [5, 5.41) is 10.8. The number of aliphatic hydroxyl groups excluding tert-OH is 1. The van der Waals surface area contributed by atoms with E-state index in [4.69, 9.17) is 9.47 Å². The lowest BCUT2D eigenvalue weighted by Gasteiger charge is -2.31. The van der Waals surface area contributed by atoms with E-state index in [1.165, 1.54) is 6.08 Å². The summed E-state index contributed by atoms with van der Waals surface area (Å²) in [5.74, 6) is -0.855. The molecule has 2 heterocycles. The van der Waals surface area contributed by atoms with Gasteiger partial charge in [0.25, 0.3) is 5.91 Å². The van der Waals surface area contributed by atoms with Gasteiger partial charge in [0.1, 0.15) is 12.4 Å². The number of rotatable bonds is 10. The molecule has 1 saturated heterocycles. The molecule has 1 fully saturated rings. The van der Waals surface area contributed by atoms with E-state index in [9.17, 15) is 14.7 Å². The second kappa shape index (κ2) is 11.6. The van der Waals surface area contributed by atoms with Crippen molar-refractivity contribution < 1.29 is 24.2 Å². The Kier molecular flexibility index (Phi) is 8.13. The van der Waals surface area contributed by atoms with Gasteiger partial charge >= 0.3 is 0 Å². The summed E-state index contributed by atoms with van der Waals surface area (Å²) >= 11 is 0. The highest BCUT2D eigenvalue weighted by molar-refractivity contribution is 6.14. The predicted molar refractivity (Wildman–Crippen MR) is 134 cm³/mol. The van der Waals surface area contributed by atoms with Crippen molar-refractivity contribution in [3.63, 3.8) is 0 Å². The van der Waals surface area contributed by atoms with Crippen molar-refractivity contribution in [3.8, 4) is 5.75 Å². The highest BCUT2D eigenvalue weighted by Gasteiger charge is 2.43. The van der Waals surface area contributed by atoms with Crippen molar-refractivity contribution in [2.75, 3.05) is 46.0 Å². The lowest BCUT2D eigenvalue weighted by atomic mass is 9.95. The third-order valence-electron chi connectivity index (χ3n) is 6.10. The minimum Gasteiger partial charge on any atom is -0.503 e. The van der Waals surface area contributed by atoms with Crippen molar-refractivity contribution in [1.82, 2.24) is 9.80 Å². The van der Waals surface area contributed by atoms with E-state index in [1.54, 1.807) is 23.1 Å². The monoisotopic (exact) mass is 474 g/mol. The Morgan fingerprint density at radius 2 is 1.89 bits per heavy atom. The van der Waals surface area contributed by atoms with E-state index in [-0.39, 0.29) is 5.57 Å². The van der Waals surface area contributed by atoms with Crippen LogP contribution < -0.4 is 4.74 Å².